The number of rotatable bonds is 6. The van der Waals surface area contributed by atoms with Gasteiger partial charge in [0.2, 0.25) is 0 Å². The molecular weight excluding hydrogens is 358 g/mol. The summed E-state index contributed by atoms with van der Waals surface area (Å²) in [6.07, 6.45) is 4.84. The standard InChI is InChI=1S/C20H27N5O3/c1-6-13(2)17(24-19(27)28-20(3,4)5)18(26)25-23-12-14-7-8-15-16(11-14)22-10-9-21-15/h7-13,17H,6H2,1-5H3,(H,24,27)(H,25,26)/b23-12-/t13-,17-/m0/s1. The van der Waals surface area contributed by atoms with Crippen LogP contribution in [0.25, 0.3) is 11.0 Å². The number of carbonyl (C=O) groups excluding carboxylic acids is 2. The lowest BCUT2D eigenvalue weighted by Crippen LogP contribution is -2.50. The Hall–Kier alpha value is -3.03. The molecule has 1 aromatic heterocycles. The van der Waals surface area contributed by atoms with E-state index in [1.54, 1.807) is 33.2 Å². The van der Waals surface area contributed by atoms with Gasteiger partial charge in [0.15, 0.2) is 0 Å². The third kappa shape index (κ3) is 6.29. The molecular formula is C20H27N5O3. The molecule has 0 spiro atoms. The maximum atomic E-state index is 12.5. The molecule has 2 aromatic rings. The van der Waals surface area contributed by atoms with Crippen molar-refractivity contribution in [3.63, 3.8) is 0 Å². The number of hydrogen-bond acceptors (Lipinski definition) is 6. The second-order valence-electron chi connectivity index (χ2n) is 7.55. The van der Waals surface area contributed by atoms with E-state index in [0.717, 1.165) is 16.6 Å². The molecule has 2 amide bonds. The van der Waals surface area contributed by atoms with E-state index >= 15 is 0 Å². The van der Waals surface area contributed by atoms with Crippen LogP contribution in [0.15, 0.2) is 35.7 Å². The van der Waals surface area contributed by atoms with Gasteiger partial charge in [0.1, 0.15) is 11.6 Å². The largest absolute Gasteiger partial charge is 0.444 e. The highest BCUT2D eigenvalue weighted by molar-refractivity contribution is 5.89. The summed E-state index contributed by atoms with van der Waals surface area (Å²) in [5, 5.41) is 6.63. The summed E-state index contributed by atoms with van der Waals surface area (Å²) in [5.74, 6) is -0.490. The molecule has 1 aromatic carbocycles. The molecule has 2 N–H and O–H groups in total. The predicted molar refractivity (Wildman–Crippen MR) is 108 cm³/mol. The minimum absolute atomic E-state index is 0.0846. The Morgan fingerprint density at radius 1 is 1.21 bits per heavy atom. The topological polar surface area (TPSA) is 106 Å². The number of ether oxygens (including phenoxy) is 1. The number of amides is 2. The molecule has 0 saturated heterocycles. The molecule has 2 rings (SSSR count). The van der Waals surface area contributed by atoms with Gasteiger partial charge >= 0.3 is 6.09 Å². The van der Waals surface area contributed by atoms with Crippen LogP contribution in [-0.2, 0) is 9.53 Å². The van der Waals surface area contributed by atoms with Crippen molar-refractivity contribution < 1.29 is 14.3 Å². The van der Waals surface area contributed by atoms with Crippen molar-refractivity contribution >= 4 is 29.2 Å². The van der Waals surface area contributed by atoms with Crippen molar-refractivity contribution in [2.45, 2.75) is 52.7 Å². The van der Waals surface area contributed by atoms with Gasteiger partial charge in [-0.25, -0.2) is 10.2 Å². The summed E-state index contributed by atoms with van der Waals surface area (Å²) in [4.78, 5) is 33.0. The van der Waals surface area contributed by atoms with E-state index in [1.165, 1.54) is 6.21 Å². The number of nitrogens with one attached hydrogen (secondary N) is 2. The van der Waals surface area contributed by atoms with E-state index < -0.39 is 23.6 Å². The lowest BCUT2D eigenvalue weighted by Gasteiger charge is -2.25. The normalized spacial score (nSPS) is 13.9. The fourth-order valence-electron chi connectivity index (χ4n) is 2.44. The number of nitrogens with zero attached hydrogens (tertiary/aromatic N) is 3. The van der Waals surface area contributed by atoms with E-state index in [9.17, 15) is 9.59 Å². The molecule has 0 bridgehead atoms. The van der Waals surface area contributed by atoms with Crippen molar-refractivity contribution in [1.82, 2.24) is 20.7 Å². The average Bonchev–Trinajstić information content (AvgIpc) is 2.64. The Kier molecular flexibility index (Phi) is 7.03. The van der Waals surface area contributed by atoms with Crippen molar-refractivity contribution in [3.05, 3.63) is 36.2 Å². The first-order valence-corrected chi connectivity index (χ1v) is 9.23. The lowest BCUT2D eigenvalue weighted by atomic mass is 9.99. The second kappa shape index (κ2) is 9.25. The third-order valence-electron chi connectivity index (χ3n) is 4.05. The highest BCUT2D eigenvalue weighted by Gasteiger charge is 2.28. The molecule has 0 fully saturated rings. The molecule has 8 nitrogen and oxygen atoms in total. The van der Waals surface area contributed by atoms with Gasteiger partial charge in [-0.15, -0.1) is 0 Å². The summed E-state index contributed by atoms with van der Waals surface area (Å²) in [7, 11) is 0. The van der Waals surface area contributed by atoms with E-state index in [-0.39, 0.29) is 5.92 Å². The second-order valence-corrected chi connectivity index (χ2v) is 7.55. The van der Waals surface area contributed by atoms with Gasteiger partial charge < -0.3 is 10.1 Å². The maximum Gasteiger partial charge on any atom is 0.408 e. The number of fused-ring (bicyclic) bond motifs is 1. The van der Waals surface area contributed by atoms with Crippen molar-refractivity contribution in [1.29, 1.82) is 0 Å². The third-order valence-corrected chi connectivity index (χ3v) is 4.05. The molecule has 1 heterocycles. The zero-order chi connectivity index (χ0) is 20.7. The minimum atomic E-state index is -0.750. The summed E-state index contributed by atoms with van der Waals surface area (Å²) >= 11 is 0. The Morgan fingerprint density at radius 2 is 1.89 bits per heavy atom. The van der Waals surface area contributed by atoms with Crippen molar-refractivity contribution in [3.8, 4) is 0 Å². The van der Waals surface area contributed by atoms with Crippen LogP contribution in [0, 0.1) is 5.92 Å². The first-order chi connectivity index (χ1) is 13.2. The number of aromatic nitrogens is 2. The smallest absolute Gasteiger partial charge is 0.408 e. The molecule has 0 radical (unpaired) electrons. The molecule has 150 valence electrons. The van der Waals surface area contributed by atoms with Crippen molar-refractivity contribution in [2.75, 3.05) is 0 Å². The van der Waals surface area contributed by atoms with Gasteiger partial charge in [-0.2, -0.15) is 5.10 Å². The van der Waals surface area contributed by atoms with E-state index in [2.05, 4.69) is 25.8 Å². The molecule has 0 aliphatic rings. The van der Waals surface area contributed by atoms with Gasteiger partial charge in [0, 0.05) is 12.4 Å². The zero-order valence-electron chi connectivity index (χ0n) is 16.9. The summed E-state index contributed by atoms with van der Waals surface area (Å²) < 4.78 is 5.25. The molecule has 28 heavy (non-hydrogen) atoms. The van der Waals surface area contributed by atoms with Gasteiger partial charge in [0.05, 0.1) is 17.2 Å². The minimum Gasteiger partial charge on any atom is -0.444 e. The number of alkyl carbamates (subject to hydrolysis) is 1. The summed E-state index contributed by atoms with van der Waals surface area (Å²) in [5.41, 5.74) is 4.14. The summed E-state index contributed by atoms with van der Waals surface area (Å²) in [6, 6.07) is 4.73. The number of benzene rings is 1. The van der Waals surface area contributed by atoms with Crippen LogP contribution in [0.4, 0.5) is 4.79 Å². The molecule has 0 aliphatic carbocycles. The van der Waals surface area contributed by atoms with Crippen LogP contribution in [0.2, 0.25) is 0 Å². The van der Waals surface area contributed by atoms with Gasteiger partial charge in [0.25, 0.3) is 5.91 Å². The van der Waals surface area contributed by atoms with Crippen LogP contribution in [0.1, 0.15) is 46.6 Å². The van der Waals surface area contributed by atoms with Crippen LogP contribution in [-0.4, -0.2) is 39.8 Å². The number of hydrazone groups is 1. The van der Waals surface area contributed by atoms with Gasteiger partial charge in [-0.1, -0.05) is 26.3 Å². The van der Waals surface area contributed by atoms with E-state index in [1.807, 2.05) is 32.0 Å². The first kappa shape index (κ1) is 21.3. The Balaban J connectivity index is 2.03. The SMILES string of the molecule is CC[C@H](C)[C@H](NC(=O)OC(C)(C)C)C(=O)N/N=C\c1ccc2nccnc2c1. The number of hydrogen-bond donors (Lipinski definition) is 2. The van der Waals surface area contributed by atoms with E-state index in [4.69, 9.17) is 4.74 Å². The molecule has 2 atom stereocenters. The van der Waals surface area contributed by atoms with Crippen LogP contribution >= 0.6 is 0 Å². The molecule has 0 saturated carbocycles. The van der Waals surface area contributed by atoms with Gasteiger partial charge in [-0.05, 0) is 44.4 Å². The zero-order valence-corrected chi connectivity index (χ0v) is 16.9. The quantitative estimate of drug-likeness (QED) is 0.587. The molecule has 0 unspecified atom stereocenters. The summed E-state index contributed by atoms with van der Waals surface area (Å²) in [6.45, 7) is 9.13. The molecule has 0 aliphatic heterocycles. The average molecular weight is 385 g/mol. The Labute approximate surface area is 164 Å². The highest BCUT2D eigenvalue weighted by Crippen LogP contribution is 2.12. The fraction of sp³-hybridized carbons (Fsp3) is 0.450. The Morgan fingerprint density at radius 3 is 2.54 bits per heavy atom. The Bertz CT molecular complexity index is 860. The van der Waals surface area contributed by atoms with Crippen LogP contribution in [0.5, 0.6) is 0 Å². The van der Waals surface area contributed by atoms with Crippen molar-refractivity contribution in [2.24, 2.45) is 11.0 Å². The lowest BCUT2D eigenvalue weighted by molar-refractivity contribution is -0.124. The molecule has 8 heteroatoms. The van der Waals surface area contributed by atoms with Crippen LogP contribution < -0.4 is 10.7 Å². The first-order valence-electron chi connectivity index (χ1n) is 9.23. The highest BCUT2D eigenvalue weighted by atomic mass is 16.6. The fourth-order valence-corrected chi connectivity index (χ4v) is 2.44. The van der Waals surface area contributed by atoms with Crippen LogP contribution in [0.3, 0.4) is 0 Å². The monoisotopic (exact) mass is 385 g/mol. The maximum absolute atomic E-state index is 12.5. The number of carbonyl (C=O) groups is 2. The van der Waals surface area contributed by atoms with E-state index in [0.29, 0.717) is 6.42 Å². The van der Waals surface area contributed by atoms with Gasteiger partial charge in [-0.3, -0.25) is 14.8 Å². The predicted octanol–water partition coefficient (Wildman–Crippen LogP) is 3.02.